The van der Waals surface area contributed by atoms with E-state index in [1.165, 1.54) is 0 Å². The van der Waals surface area contributed by atoms with E-state index in [0.717, 1.165) is 49.5 Å². The molecule has 0 atom stereocenters. The molecule has 0 aliphatic carbocycles. The van der Waals surface area contributed by atoms with Crippen LogP contribution in [0.4, 0.5) is 0 Å². The Kier molecular flexibility index (Phi) is 3.30. The number of halogens is 1. The average molecular weight is 420 g/mol. The van der Waals surface area contributed by atoms with Gasteiger partial charge in [0.15, 0.2) is 11.3 Å². The third-order valence-corrected chi connectivity index (χ3v) is 6.29. The quantitative estimate of drug-likeness (QED) is 0.281. The van der Waals surface area contributed by atoms with Crippen molar-refractivity contribution in [3.05, 3.63) is 90.1 Å². The molecule has 0 N–H and O–H groups in total. The van der Waals surface area contributed by atoms with Gasteiger partial charge in [-0.15, -0.1) is 0 Å². The van der Waals surface area contributed by atoms with Crippen molar-refractivity contribution in [1.82, 2.24) is 14.4 Å². The van der Waals surface area contributed by atoms with Crippen LogP contribution >= 0.6 is 11.6 Å². The minimum absolute atomic E-state index is 0.632. The zero-order valence-electron chi connectivity index (χ0n) is 16.2. The van der Waals surface area contributed by atoms with Crippen LogP contribution in [0.15, 0.2) is 89.5 Å². The number of fused-ring (bicyclic) bond motifs is 7. The smallest absolute Gasteiger partial charge is 0.178 e. The Morgan fingerprint density at radius 3 is 2.42 bits per heavy atom. The molecule has 7 aromatic rings. The molecule has 5 heteroatoms. The minimum atomic E-state index is 0.632. The number of pyridine rings is 2. The first kappa shape index (κ1) is 16.9. The van der Waals surface area contributed by atoms with Gasteiger partial charge in [-0.05, 0) is 36.4 Å². The zero-order chi connectivity index (χ0) is 20.5. The SMILES string of the molecule is Clc1c2ccccc2c(-c2ccc3oc4ccccc4c3c2)n2c1nc1ncccc12. The van der Waals surface area contributed by atoms with E-state index >= 15 is 0 Å². The van der Waals surface area contributed by atoms with Crippen molar-refractivity contribution in [3.8, 4) is 11.3 Å². The molecule has 0 fully saturated rings. The summed E-state index contributed by atoms with van der Waals surface area (Å²) in [5.41, 5.74) is 6.18. The molecule has 0 unspecified atom stereocenters. The summed E-state index contributed by atoms with van der Waals surface area (Å²) in [4.78, 5) is 9.22. The molecule has 0 aliphatic heterocycles. The molecule has 0 aliphatic rings. The lowest BCUT2D eigenvalue weighted by Crippen LogP contribution is -1.96. The van der Waals surface area contributed by atoms with Gasteiger partial charge >= 0.3 is 0 Å². The topological polar surface area (TPSA) is 43.3 Å². The molecule has 3 aromatic carbocycles. The average Bonchev–Trinajstić information content (AvgIpc) is 3.38. The molecular weight excluding hydrogens is 406 g/mol. The molecule has 146 valence electrons. The van der Waals surface area contributed by atoms with Crippen LogP contribution in [0.25, 0.3) is 60.8 Å². The highest BCUT2D eigenvalue weighted by atomic mass is 35.5. The van der Waals surface area contributed by atoms with Crippen molar-refractivity contribution in [2.75, 3.05) is 0 Å². The number of benzene rings is 3. The zero-order valence-corrected chi connectivity index (χ0v) is 17.0. The van der Waals surface area contributed by atoms with Gasteiger partial charge in [-0.3, -0.25) is 4.40 Å². The van der Waals surface area contributed by atoms with E-state index in [2.05, 4.69) is 33.7 Å². The highest BCUT2D eigenvalue weighted by molar-refractivity contribution is 6.39. The number of para-hydroxylation sites is 1. The number of aromatic nitrogens is 3. The molecule has 0 spiro atoms. The van der Waals surface area contributed by atoms with Gasteiger partial charge in [-0.25, -0.2) is 9.97 Å². The fourth-order valence-electron chi connectivity index (χ4n) is 4.57. The minimum Gasteiger partial charge on any atom is -0.456 e. The molecule has 4 aromatic heterocycles. The third kappa shape index (κ3) is 2.25. The van der Waals surface area contributed by atoms with Crippen LogP contribution in [0.2, 0.25) is 5.02 Å². The normalized spacial score (nSPS) is 12.0. The third-order valence-electron chi connectivity index (χ3n) is 5.92. The van der Waals surface area contributed by atoms with Crippen LogP contribution < -0.4 is 0 Å². The monoisotopic (exact) mass is 419 g/mol. The van der Waals surface area contributed by atoms with Crippen LogP contribution in [0.1, 0.15) is 0 Å². The van der Waals surface area contributed by atoms with Crippen molar-refractivity contribution >= 4 is 61.1 Å². The van der Waals surface area contributed by atoms with E-state index in [1.807, 2.05) is 54.6 Å². The summed E-state index contributed by atoms with van der Waals surface area (Å²) in [7, 11) is 0. The lowest BCUT2D eigenvalue weighted by atomic mass is 10.0. The number of hydrogen-bond donors (Lipinski definition) is 0. The summed E-state index contributed by atoms with van der Waals surface area (Å²) < 4.78 is 8.16. The van der Waals surface area contributed by atoms with Gasteiger partial charge in [0.1, 0.15) is 11.2 Å². The molecule has 0 radical (unpaired) electrons. The summed E-state index contributed by atoms with van der Waals surface area (Å²) in [5, 5.41) is 4.86. The Hall–Kier alpha value is -3.89. The molecule has 31 heavy (non-hydrogen) atoms. The Labute approximate surface area is 181 Å². The number of hydrogen-bond acceptors (Lipinski definition) is 3. The summed E-state index contributed by atoms with van der Waals surface area (Å²) in [5.74, 6) is 0. The van der Waals surface area contributed by atoms with Gasteiger partial charge in [-0.2, -0.15) is 0 Å². The van der Waals surface area contributed by atoms with Crippen LogP contribution in [-0.4, -0.2) is 14.4 Å². The second-order valence-electron chi connectivity index (χ2n) is 7.63. The van der Waals surface area contributed by atoms with Crippen LogP contribution in [-0.2, 0) is 0 Å². The van der Waals surface area contributed by atoms with Gasteiger partial charge in [-0.1, -0.05) is 54.1 Å². The Balaban J connectivity index is 1.70. The van der Waals surface area contributed by atoms with Crippen molar-refractivity contribution in [1.29, 1.82) is 0 Å². The van der Waals surface area contributed by atoms with Crippen LogP contribution in [0.5, 0.6) is 0 Å². The van der Waals surface area contributed by atoms with E-state index in [1.54, 1.807) is 6.20 Å². The van der Waals surface area contributed by atoms with Gasteiger partial charge in [0.2, 0.25) is 0 Å². The fraction of sp³-hybridized carbons (Fsp3) is 0. The maximum Gasteiger partial charge on any atom is 0.178 e. The molecular formula is C26H14ClN3O. The molecule has 4 heterocycles. The van der Waals surface area contributed by atoms with Crippen molar-refractivity contribution in [2.24, 2.45) is 0 Å². The van der Waals surface area contributed by atoms with E-state index in [-0.39, 0.29) is 0 Å². The van der Waals surface area contributed by atoms with E-state index in [4.69, 9.17) is 21.0 Å². The maximum absolute atomic E-state index is 6.83. The van der Waals surface area contributed by atoms with E-state index < -0.39 is 0 Å². The lowest BCUT2D eigenvalue weighted by Gasteiger charge is -2.13. The van der Waals surface area contributed by atoms with Gasteiger partial charge in [0, 0.05) is 33.3 Å². The van der Waals surface area contributed by atoms with Gasteiger partial charge in [0.05, 0.1) is 16.2 Å². The first-order chi connectivity index (χ1) is 15.3. The summed E-state index contributed by atoms with van der Waals surface area (Å²) in [6.45, 7) is 0. The highest BCUT2D eigenvalue weighted by Crippen LogP contribution is 2.39. The Bertz CT molecular complexity index is 1810. The van der Waals surface area contributed by atoms with Crippen molar-refractivity contribution in [3.63, 3.8) is 0 Å². The molecule has 0 bridgehead atoms. The molecule has 7 rings (SSSR count). The molecule has 0 saturated carbocycles. The number of imidazole rings is 1. The van der Waals surface area contributed by atoms with Crippen molar-refractivity contribution in [2.45, 2.75) is 0 Å². The van der Waals surface area contributed by atoms with Gasteiger partial charge < -0.3 is 4.42 Å². The van der Waals surface area contributed by atoms with Crippen molar-refractivity contribution < 1.29 is 4.42 Å². The Morgan fingerprint density at radius 1 is 0.742 bits per heavy atom. The molecule has 4 nitrogen and oxygen atoms in total. The largest absolute Gasteiger partial charge is 0.456 e. The number of nitrogens with zero attached hydrogens (tertiary/aromatic N) is 3. The van der Waals surface area contributed by atoms with Gasteiger partial charge in [0.25, 0.3) is 0 Å². The molecule has 0 saturated heterocycles. The first-order valence-electron chi connectivity index (χ1n) is 10.0. The number of rotatable bonds is 1. The van der Waals surface area contributed by atoms with Crippen LogP contribution in [0.3, 0.4) is 0 Å². The second kappa shape index (κ2) is 6.06. The molecule has 0 amide bonds. The predicted molar refractivity (Wildman–Crippen MR) is 126 cm³/mol. The standard InChI is InChI=1S/C26H14ClN3O/c27-23-17-7-1-2-8-18(17)24(30-20-9-5-13-28-25(20)29-26(23)30)15-11-12-22-19(14-15)16-6-3-4-10-21(16)31-22/h1-14H. The summed E-state index contributed by atoms with van der Waals surface area (Å²) in [6, 6.07) is 26.6. The second-order valence-corrected chi connectivity index (χ2v) is 8.01. The fourth-order valence-corrected chi connectivity index (χ4v) is 4.86. The Morgan fingerprint density at radius 2 is 1.52 bits per heavy atom. The highest BCUT2D eigenvalue weighted by Gasteiger charge is 2.19. The van der Waals surface area contributed by atoms with Crippen LogP contribution in [0, 0.1) is 0 Å². The number of furan rings is 1. The maximum atomic E-state index is 6.83. The first-order valence-corrected chi connectivity index (χ1v) is 10.4. The summed E-state index contributed by atoms with van der Waals surface area (Å²) >= 11 is 6.83. The predicted octanol–water partition coefficient (Wildman–Crippen LogP) is 7.26. The van der Waals surface area contributed by atoms with E-state index in [9.17, 15) is 0 Å². The van der Waals surface area contributed by atoms with E-state index in [0.29, 0.717) is 16.3 Å². The lowest BCUT2D eigenvalue weighted by molar-refractivity contribution is 0.669. The summed E-state index contributed by atoms with van der Waals surface area (Å²) in [6.07, 6.45) is 1.76.